The van der Waals surface area contributed by atoms with Gasteiger partial charge in [0.05, 0.1) is 0 Å². The van der Waals surface area contributed by atoms with Gasteiger partial charge in [-0.1, -0.05) is 55.3 Å². The Morgan fingerprint density at radius 1 is 0.826 bits per heavy atom. The van der Waals surface area contributed by atoms with E-state index < -0.39 is 0 Å². The average molecular weight is 304 g/mol. The van der Waals surface area contributed by atoms with Crippen molar-refractivity contribution in [3.8, 4) is 0 Å². The largest absolute Gasteiger partial charge is 0.0848 e. The van der Waals surface area contributed by atoms with Gasteiger partial charge in [0.15, 0.2) is 0 Å². The fourth-order valence-corrected chi connectivity index (χ4v) is 8.54. The van der Waals surface area contributed by atoms with Crippen molar-refractivity contribution < 1.29 is 0 Å². The topological polar surface area (TPSA) is 0 Å². The first-order valence-corrected chi connectivity index (χ1v) is 10.1. The fourth-order valence-electron chi connectivity index (χ4n) is 8.54. The van der Waals surface area contributed by atoms with Crippen LogP contribution in [0.2, 0.25) is 0 Å². The highest BCUT2D eigenvalue weighted by molar-refractivity contribution is 5.33. The van der Waals surface area contributed by atoms with Crippen molar-refractivity contribution in [2.75, 3.05) is 0 Å². The number of benzene rings is 1. The van der Waals surface area contributed by atoms with Crippen LogP contribution in [-0.2, 0) is 0 Å². The second kappa shape index (κ2) is 4.52. The van der Waals surface area contributed by atoms with E-state index >= 15 is 0 Å². The minimum atomic E-state index is 0.742. The summed E-state index contributed by atoms with van der Waals surface area (Å²) in [7, 11) is 0. The molecule has 0 saturated heterocycles. The molecule has 0 N–H and O–H groups in total. The van der Waals surface area contributed by atoms with Crippen LogP contribution in [0.4, 0.5) is 0 Å². The van der Waals surface area contributed by atoms with Gasteiger partial charge in [0.2, 0.25) is 0 Å². The van der Waals surface area contributed by atoms with Crippen molar-refractivity contribution in [2.45, 2.75) is 50.9 Å². The van der Waals surface area contributed by atoms with Crippen LogP contribution >= 0.6 is 0 Å². The zero-order valence-electron chi connectivity index (χ0n) is 14.0. The quantitative estimate of drug-likeness (QED) is 0.478. The van der Waals surface area contributed by atoms with E-state index in [4.69, 9.17) is 0 Å². The molecule has 6 rings (SSSR count). The van der Waals surface area contributed by atoms with Gasteiger partial charge in [-0.05, 0) is 84.5 Å². The van der Waals surface area contributed by atoms with E-state index in [0.717, 1.165) is 46.8 Å². The predicted molar refractivity (Wildman–Crippen MR) is 94.0 cm³/mol. The molecule has 7 atom stereocenters. The Labute approximate surface area is 140 Å². The van der Waals surface area contributed by atoms with Crippen LogP contribution in [0, 0.1) is 40.9 Å². The molecular formula is C23H28. The van der Waals surface area contributed by atoms with Crippen LogP contribution in [0.1, 0.15) is 56.4 Å². The van der Waals surface area contributed by atoms with Gasteiger partial charge in [-0.3, -0.25) is 0 Å². The summed E-state index contributed by atoms with van der Waals surface area (Å²) in [6, 6.07) is 11.5. The third-order valence-corrected chi connectivity index (χ3v) is 8.87. The SMILES string of the molecule is C1=CC2CC1C1C3CC(CC3c3ccccc3)C21C1CCCC1. The van der Waals surface area contributed by atoms with Crippen molar-refractivity contribution in [2.24, 2.45) is 40.9 Å². The van der Waals surface area contributed by atoms with E-state index in [1.807, 2.05) is 0 Å². The molecular weight excluding hydrogens is 276 g/mol. The van der Waals surface area contributed by atoms with Crippen molar-refractivity contribution in [1.29, 1.82) is 0 Å². The summed E-state index contributed by atoms with van der Waals surface area (Å²) in [6.45, 7) is 0. The van der Waals surface area contributed by atoms with E-state index in [-0.39, 0.29) is 0 Å². The zero-order valence-corrected chi connectivity index (χ0v) is 14.0. The van der Waals surface area contributed by atoms with Gasteiger partial charge in [0, 0.05) is 0 Å². The molecule has 0 aromatic heterocycles. The summed E-state index contributed by atoms with van der Waals surface area (Å²) in [4.78, 5) is 0. The van der Waals surface area contributed by atoms with Gasteiger partial charge in [0.25, 0.3) is 0 Å². The van der Waals surface area contributed by atoms with Gasteiger partial charge in [-0.2, -0.15) is 0 Å². The molecule has 4 fully saturated rings. The number of hydrogen-bond acceptors (Lipinski definition) is 0. The lowest BCUT2D eigenvalue weighted by Gasteiger charge is -2.51. The van der Waals surface area contributed by atoms with Gasteiger partial charge in [-0.25, -0.2) is 0 Å². The van der Waals surface area contributed by atoms with Gasteiger partial charge in [-0.15, -0.1) is 0 Å². The maximum absolute atomic E-state index is 2.66. The van der Waals surface area contributed by atoms with Crippen LogP contribution in [0.3, 0.4) is 0 Å². The Bertz CT molecular complexity index is 637. The molecule has 7 unspecified atom stereocenters. The van der Waals surface area contributed by atoms with Crippen LogP contribution < -0.4 is 0 Å². The lowest BCUT2D eigenvalue weighted by molar-refractivity contribution is -0.00802. The molecule has 0 heterocycles. The normalized spacial score (nSPS) is 50.1. The first-order valence-electron chi connectivity index (χ1n) is 10.1. The molecule has 1 aromatic carbocycles. The van der Waals surface area contributed by atoms with Crippen LogP contribution in [0.5, 0.6) is 0 Å². The lowest BCUT2D eigenvalue weighted by atomic mass is 9.52. The van der Waals surface area contributed by atoms with Crippen LogP contribution in [0.15, 0.2) is 42.5 Å². The molecule has 0 heteroatoms. The molecule has 4 saturated carbocycles. The highest BCUT2D eigenvalue weighted by Crippen LogP contribution is 2.78. The van der Waals surface area contributed by atoms with Crippen molar-refractivity contribution in [3.05, 3.63) is 48.0 Å². The summed E-state index contributed by atoms with van der Waals surface area (Å²) < 4.78 is 0. The standard InChI is InChI=1S/C23H28/c1-2-6-15(7-3-1)20-13-19-14-21(20)22-16-10-11-18(12-16)23(19,22)17-8-4-5-9-17/h1-3,6-7,10-11,16-22H,4-5,8-9,12-14H2. The van der Waals surface area contributed by atoms with Gasteiger partial charge < -0.3 is 0 Å². The van der Waals surface area contributed by atoms with E-state index in [0.29, 0.717) is 0 Å². The lowest BCUT2D eigenvalue weighted by Crippen LogP contribution is -2.46. The van der Waals surface area contributed by atoms with E-state index in [1.165, 1.54) is 25.7 Å². The summed E-state index contributed by atoms with van der Waals surface area (Å²) in [6.07, 6.45) is 16.0. The molecule has 0 radical (unpaired) electrons. The van der Waals surface area contributed by atoms with Crippen LogP contribution in [-0.4, -0.2) is 0 Å². The van der Waals surface area contributed by atoms with Crippen molar-refractivity contribution in [1.82, 2.24) is 0 Å². The first-order chi connectivity index (χ1) is 11.4. The second-order valence-electron chi connectivity index (χ2n) is 9.25. The highest BCUT2D eigenvalue weighted by Gasteiger charge is 2.71. The smallest absolute Gasteiger partial charge is 0.0128 e. The Morgan fingerprint density at radius 3 is 2.48 bits per heavy atom. The second-order valence-corrected chi connectivity index (χ2v) is 9.25. The summed E-state index contributed by atoms with van der Waals surface area (Å²) >= 11 is 0. The third-order valence-electron chi connectivity index (χ3n) is 8.87. The number of rotatable bonds is 2. The number of allylic oxidation sites excluding steroid dienone is 2. The third kappa shape index (κ3) is 1.50. The van der Waals surface area contributed by atoms with E-state index in [2.05, 4.69) is 42.5 Å². The monoisotopic (exact) mass is 304 g/mol. The first kappa shape index (κ1) is 13.3. The molecule has 5 aliphatic rings. The van der Waals surface area contributed by atoms with Crippen molar-refractivity contribution >= 4 is 0 Å². The molecule has 23 heavy (non-hydrogen) atoms. The van der Waals surface area contributed by atoms with Crippen molar-refractivity contribution in [3.63, 3.8) is 0 Å². The minimum Gasteiger partial charge on any atom is -0.0848 e. The van der Waals surface area contributed by atoms with E-state index in [9.17, 15) is 0 Å². The fraction of sp³-hybridized carbons (Fsp3) is 0.652. The van der Waals surface area contributed by atoms with Gasteiger partial charge >= 0.3 is 0 Å². The Morgan fingerprint density at radius 2 is 1.65 bits per heavy atom. The summed E-state index contributed by atoms with van der Waals surface area (Å²) in [5, 5.41) is 0. The minimum absolute atomic E-state index is 0.742. The van der Waals surface area contributed by atoms with Gasteiger partial charge in [0.1, 0.15) is 0 Å². The van der Waals surface area contributed by atoms with Crippen LogP contribution in [0.25, 0.3) is 0 Å². The maximum atomic E-state index is 2.66. The molecule has 1 aromatic rings. The molecule has 4 bridgehead atoms. The molecule has 0 aliphatic heterocycles. The maximum Gasteiger partial charge on any atom is -0.0128 e. The number of fused-ring (bicyclic) bond motifs is 9. The Balaban J connectivity index is 1.43. The molecule has 5 aliphatic carbocycles. The Hall–Kier alpha value is -1.04. The van der Waals surface area contributed by atoms with E-state index in [1.54, 1.807) is 24.8 Å². The average Bonchev–Trinajstić information content (AvgIpc) is 3.40. The Kier molecular flexibility index (Phi) is 2.61. The zero-order chi connectivity index (χ0) is 15.0. The molecule has 120 valence electrons. The summed E-state index contributed by atoms with van der Waals surface area (Å²) in [5.41, 5.74) is 2.39. The highest BCUT2D eigenvalue weighted by atomic mass is 14.8. The predicted octanol–water partition coefficient (Wildman–Crippen LogP) is 5.81. The summed E-state index contributed by atoms with van der Waals surface area (Å²) in [5.74, 6) is 6.88. The molecule has 0 nitrogen and oxygen atoms in total. The molecule has 0 amide bonds. The molecule has 0 spiro atoms. The number of hydrogen-bond donors (Lipinski definition) is 0.